The maximum atomic E-state index is 12.7. The molecule has 1 aromatic carbocycles. The number of amides is 1. The van der Waals surface area contributed by atoms with Gasteiger partial charge in [-0.15, -0.1) is 0 Å². The number of hydrogen-bond acceptors (Lipinski definition) is 5. The van der Waals surface area contributed by atoms with E-state index in [2.05, 4.69) is 31.2 Å². The van der Waals surface area contributed by atoms with Crippen molar-refractivity contribution in [2.75, 3.05) is 5.32 Å². The van der Waals surface area contributed by atoms with Crippen LogP contribution in [-0.2, 0) is 4.79 Å². The second kappa shape index (κ2) is 6.05. The highest BCUT2D eigenvalue weighted by atomic mass is 79.9. The molecule has 4 aromatic rings. The summed E-state index contributed by atoms with van der Waals surface area (Å²) < 4.78 is 2.94. The molecule has 6 nitrogen and oxygen atoms in total. The predicted octanol–water partition coefficient (Wildman–Crippen LogP) is 2.57. The first-order valence-corrected chi connectivity index (χ1v) is 8.98. The van der Waals surface area contributed by atoms with Crippen LogP contribution in [0.3, 0.4) is 0 Å². The van der Waals surface area contributed by atoms with E-state index in [0.29, 0.717) is 26.3 Å². The zero-order valence-electron chi connectivity index (χ0n) is 13.0. The van der Waals surface area contributed by atoms with Crippen molar-refractivity contribution in [2.24, 2.45) is 0 Å². The van der Waals surface area contributed by atoms with Crippen LogP contribution < -0.4 is 15.4 Å². The zero-order valence-corrected chi connectivity index (χ0v) is 15.4. The van der Waals surface area contributed by atoms with Gasteiger partial charge in [0.1, 0.15) is 5.52 Å². The Kier molecular flexibility index (Phi) is 3.85. The predicted molar refractivity (Wildman–Crippen MR) is 102 cm³/mol. The molecule has 0 bridgehead atoms. The number of aromatic nitrogens is 3. The lowest BCUT2D eigenvalue weighted by Gasteiger charge is -2.01. The van der Waals surface area contributed by atoms with E-state index >= 15 is 0 Å². The monoisotopic (exact) mass is 414 g/mol. The summed E-state index contributed by atoms with van der Waals surface area (Å²) in [5.74, 6) is -0.121. The van der Waals surface area contributed by atoms with Gasteiger partial charge in [0.2, 0.25) is 5.91 Å². The van der Waals surface area contributed by atoms with Crippen LogP contribution >= 0.6 is 27.3 Å². The van der Waals surface area contributed by atoms with Crippen molar-refractivity contribution in [3.8, 4) is 0 Å². The fourth-order valence-corrected chi connectivity index (χ4v) is 3.83. The number of benzene rings is 1. The SMILES string of the molecule is CC(=O)Nc1ccc(/C=c2/sc3nc4cc(Br)cnc4n3c2=O)cc1. The molecule has 3 aromatic heterocycles. The first kappa shape index (κ1) is 15.9. The molecule has 0 saturated carbocycles. The van der Waals surface area contributed by atoms with E-state index in [1.807, 2.05) is 24.3 Å². The van der Waals surface area contributed by atoms with E-state index < -0.39 is 0 Å². The molecule has 0 aliphatic rings. The molecule has 25 heavy (non-hydrogen) atoms. The Labute approximate surface area is 154 Å². The summed E-state index contributed by atoms with van der Waals surface area (Å²) in [4.78, 5) is 33.1. The molecule has 0 aliphatic carbocycles. The van der Waals surface area contributed by atoms with E-state index in [0.717, 1.165) is 10.0 Å². The Morgan fingerprint density at radius 1 is 1.32 bits per heavy atom. The number of nitrogens with zero attached hydrogens (tertiary/aromatic N) is 3. The number of anilines is 1. The molecular weight excluding hydrogens is 404 g/mol. The third-order valence-electron chi connectivity index (χ3n) is 3.58. The second-order valence-electron chi connectivity index (χ2n) is 5.45. The van der Waals surface area contributed by atoms with Crippen LogP contribution in [-0.4, -0.2) is 20.3 Å². The Morgan fingerprint density at radius 2 is 2.08 bits per heavy atom. The molecule has 1 N–H and O–H groups in total. The van der Waals surface area contributed by atoms with Gasteiger partial charge in [-0.1, -0.05) is 23.5 Å². The van der Waals surface area contributed by atoms with Crippen LogP contribution in [0.1, 0.15) is 12.5 Å². The summed E-state index contributed by atoms with van der Waals surface area (Å²) in [6.45, 7) is 1.46. The maximum Gasteiger partial charge on any atom is 0.276 e. The van der Waals surface area contributed by atoms with Gasteiger partial charge in [-0.2, -0.15) is 0 Å². The molecule has 8 heteroatoms. The average Bonchev–Trinajstić information content (AvgIpc) is 3.05. The smallest absolute Gasteiger partial charge is 0.276 e. The Bertz CT molecular complexity index is 1230. The van der Waals surface area contributed by atoms with Crippen molar-refractivity contribution in [1.29, 1.82) is 0 Å². The van der Waals surface area contributed by atoms with Gasteiger partial charge < -0.3 is 5.32 Å². The minimum atomic E-state index is -0.136. The standard InChI is InChI=1S/C17H11BrN4O2S/c1-9(23)20-12-4-2-10(3-5-12)6-14-16(24)22-15-13(21-17(22)25-14)7-11(18)8-19-15/h2-8H,1H3,(H,20,23)/b14-6+. The van der Waals surface area contributed by atoms with E-state index in [4.69, 9.17) is 0 Å². The summed E-state index contributed by atoms with van der Waals surface area (Å²) in [5.41, 5.74) is 2.69. The highest BCUT2D eigenvalue weighted by Crippen LogP contribution is 2.18. The molecule has 0 spiro atoms. The van der Waals surface area contributed by atoms with Gasteiger partial charge in [0.15, 0.2) is 10.6 Å². The van der Waals surface area contributed by atoms with Crippen LogP contribution in [0.2, 0.25) is 0 Å². The zero-order chi connectivity index (χ0) is 17.6. The lowest BCUT2D eigenvalue weighted by atomic mass is 10.2. The number of halogens is 1. The van der Waals surface area contributed by atoms with Gasteiger partial charge in [-0.05, 0) is 45.8 Å². The number of fused-ring (bicyclic) bond motifs is 3. The minimum Gasteiger partial charge on any atom is -0.326 e. The van der Waals surface area contributed by atoms with Gasteiger partial charge in [-0.25, -0.2) is 14.4 Å². The molecule has 1 amide bonds. The Balaban J connectivity index is 1.81. The van der Waals surface area contributed by atoms with Crippen LogP contribution in [0.15, 0.2) is 45.8 Å². The summed E-state index contributed by atoms with van der Waals surface area (Å²) >= 11 is 4.68. The highest BCUT2D eigenvalue weighted by Gasteiger charge is 2.12. The van der Waals surface area contributed by atoms with Crippen molar-refractivity contribution in [2.45, 2.75) is 6.92 Å². The molecule has 0 aliphatic heterocycles. The van der Waals surface area contributed by atoms with E-state index in [9.17, 15) is 9.59 Å². The summed E-state index contributed by atoms with van der Waals surface area (Å²) in [5, 5.41) is 2.71. The van der Waals surface area contributed by atoms with Gasteiger partial charge in [-0.3, -0.25) is 9.59 Å². The molecule has 0 unspecified atom stereocenters. The van der Waals surface area contributed by atoms with Crippen LogP contribution in [0.5, 0.6) is 0 Å². The Hall–Kier alpha value is -2.58. The number of carbonyl (C=O) groups excluding carboxylic acids is 1. The van der Waals surface area contributed by atoms with Crippen LogP contribution in [0.4, 0.5) is 5.69 Å². The fourth-order valence-electron chi connectivity index (χ4n) is 2.53. The lowest BCUT2D eigenvalue weighted by molar-refractivity contribution is -0.114. The maximum absolute atomic E-state index is 12.7. The molecule has 3 heterocycles. The summed E-state index contributed by atoms with van der Waals surface area (Å²) in [6.07, 6.45) is 3.46. The van der Waals surface area contributed by atoms with Gasteiger partial charge >= 0.3 is 0 Å². The quantitative estimate of drug-likeness (QED) is 0.546. The fraction of sp³-hybridized carbons (Fsp3) is 0.0588. The number of pyridine rings is 1. The molecular formula is C17H11BrN4O2S. The largest absolute Gasteiger partial charge is 0.326 e. The number of rotatable bonds is 2. The molecule has 4 rings (SSSR count). The lowest BCUT2D eigenvalue weighted by Crippen LogP contribution is -2.22. The average molecular weight is 415 g/mol. The van der Waals surface area contributed by atoms with E-state index in [1.165, 1.54) is 22.7 Å². The molecule has 0 fully saturated rings. The van der Waals surface area contributed by atoms with Crippen molar-refractivity contribution in [3.05, 3.63) is 61.5 Å². The molecule has 0 saturated heterocycles. The van der Waals surface area contributed by atoms with Crippen LogP contribution in [0.25, 0.3) is 22.2 Å². The molecule has 0 atom stereocenters. The van der Waals surface area contributed by atoms with Gasteiger partial charge in [0.05, 0.1) is 4.53 Å². The van der Waals surface area contributed by atoms with Gasteiger partial charge in [0, 0.05) is 23.3 Å². The third kappa shape index (κ3) is 2.94. The van der Waals surface area contributed by atoms with Crippen molar-refractivity contribution in [3.63, 3.8) is 0 Å². The third-order valence-corrected chi connectivity index (χ3v) is 4.98. The van der Waals surface area contributed by atoms with Crippen molar-refractivity contribution in [1.82, 2.24) is 14.4 Å². The number of hydrogen-bond donors (Lipinski definition) is 1. The van der Waals surface area contributed by atoms with E-state index in [-0.39, 0.29) is 11.5 Å². The topological polar surface area (TPSA) is 76.4 Å². The van der Waals surface area contributed by atoms with Crippen molar-refractivity contribution >= 4 is 61.1 Å². The minimum absolute atomic E-state index is 0.121. The highest BCUT2D eigenvalue weighted by molar-refractivity contribution is 9.10. The normalized spacial score (nSPS) is 12.2. The first-order chi connectivity index (χ1) is 12.0. The van der Waals surface area contributed by atoms with E-state index in [1.54, 1.807) is 18.3 Å². The number of carbonyl (C=O) groups is 1. The van der Waals surface area contributed by atoms with Crippen molar-refractivity contribution < 1.29 is 4.79 Å². The van der Waals surface area contributed by atoms with Crippen LogP contribution in [0, 0.1) is 0 Å². The summed E-state index contributed by atoms with van der Waals surface area (Å²) in [7, 11) is 0. The number of imidazole rings is 1. The number of nitrogens with one attached hydrogen (secondary N) is 1. The number of thiazole rings is 1. The summed E-state index contributed by atoms with van der Waals surface area (Å²) in [6, 6.07) is 9.13. The Morgan fingerprint density at radius 3 is 2.80 bits per heavy atom. The first-order valence-electron chi connectivity index (χ1n) is 7.37. The van der Waals surface area contributed by atoms with Gasteiger partial charge in [0.25, 0.3) is 5.56 Å². The molecule has 124 valence electrons. The molecule has 0 radical (unpaired) electrons. The second-order valence-corrected chi connectivity index (χ2v) is 7.37.